The molecule has 2 heteroatoms. The van der Waals surface area contributed by atoms with Crippen LogP contribution in [0, 0.1) is 11.3 Å². The fourth-order valence-corrected chi connectivity index (χ4v) is 3.55. The minimum Gasteiger partial charge on any atom is -0.313 e. The molecule has 1 aliphatic rings. The lowest BCUT2D eigenvalue weighted by Gasteiger charge is -2.52. The van der Waals surface area contributed by atoms with Crippen molar-refractivity contribution in [3.63, 3.8) is 0 Å². The average Bonchev–Trinajstić information content (AvgIpc) is 2.12. The van der Waals surface area contributed by atoms with Gasteiger partial charge in [0.2, 0.25) is 0 Å². The molecule has 0 aromatic carbocycles. The molecule has 1 fully saturated rings. The first-order valence-electron chi connectivity index (χ1n) is 6.99. The van der Waals surface area contributed by atoms with Gasteiger partial charge in [-0.15, -0.1) is 0 Å². The third kappa shape index (κ3) is 3.45. The predicted octanol–water partition coefficient (Wildman–Crippen LogP) is 4.47. The van der Waals surface area contributed by atoms with Crippen molar-refractivity contribution in [1.82, 2.24) is 5.06 Å². The normalized spacial score (nSPS) is 26.1. The number of nitrogens with zero attached hydrogens (tertiary/aromatic N) is 1. The van der Waals surface area contributed by atoms with Crippen LogP contribution in [0.5, 0.6) is 0 Å². The topological polar surface area (TPSA) is 23.5 Å². The molecule has 0 atom stereocenters. The lowest BCUT2D eigenvalue weighted by molar-refractivity contribution is -0.252. The van der Waals surface area contributed by atoms with Gasteiger partial charge in [-0.2, -0.15) is 5.06 Å². The number of hydrogen-bond donors (Lipinski definition) is 1. The Bertz CT molecular complexity index is 247. The van der Waals surface area contributed by atoms with Crippen LogP contribution in [0.25, 0.3) is 0 Å². The van der Waals surface area contributed by atoms with Crippen LogP contribution in [-0.4, -0.2) is 21.3 Å². The second-order valence-corrected chi connectivity index (χ2v) is 7.93. The minimum atomic E-state index is -0.101. The molecule has 0 radical (unpaired) electrons. The molecule has 0 aromatic rings. The predicted molar refractivity (Wildman–Crippen MR) is 73.2 cm³/mol. The molecular formula is C15H31NO. The van der Waals surface area contributed by atoms with Gasteiger partial charge in [-0.1, -0.05) is 27.2 Å². The maximum atomic E-state index is 10.3. The molecule has 1 aliphatic heterocycles. The van der Waals surface area contributed by atoms with Gasteiger partial charge < -0.3 is 5.21 Å². The van der Waals surface area contributed by atoms with Gasteiger partial charge in [-0.25, -0.2) is 0 Å². The number of hydrogen-bond acceptors (Lipinski definition) is 2. The van der Waals surface area contributed by atoms with Gasteiger partial charge in [0, 0.05) is 11.1 Å². The molecule has 17 heavy (non-hydrogen) atoms. The zero-order valence-electron chi connectivity index (χ0n) is 12.8. The first kappa shape index (κ1) is 15.0. The van der Waals surface area contributed by atoms with E-state index >= 15 is 0 Å². The summed E-state index contributed by atoms with van der Waals surface area (Å²) in [6.45, 7) is 15.6. The molecule has 1 N–H and O–H groups in total. The maximum absolute atomic E-state index is 10.3. The zero-order valence-corrected chi connectivity index (χ0v) is 12.8. The number of hydroxylamine groups is 2. The second kappa shape index (κ2) is 4.55. The van der Waals surface area contributed by atoms with E-state index in [0.717, 1.165) is 18.8 Å². The van der Waals surface area contributed by atoms with Crippen molar-refractivity contribution in [2.45, 2.75) is 85.2 Å². The van der Waals surface area contributed by atoms with Gasteiger partial charge in [-0.05, 0) is 58.3 Å². The number of piperidine rings is 1. The van der Waals surface area contributed by atoms with Gasteiger partial charge >= 0.3 is 0 Å². The van der Waals surface area contributed by atoms with Crippen LogP contribution in [-0.2, 0) is 0 Å². The highest BCUT2D eigenvalue weighted by Crippen LogP contribution is 2.44. The molecule has 2 nitrogen and oxygen atoms in total. The van der Waals surface area contributed by atoms with E-state index in [-0.39, 0.29) is 11.1 Å². The summed E-state index contributed by atoms with van der Waals surface area (Å²) >= 11 is 0. The van der Waals surface area contributed by atoms with E-state index in [9.17, 15) is 5.21 Å². The Morgan fingerprint density at radius 1 is 1.12 bits per heavy atom. The average molecular weight is 241 g/mol. The fourth-order valence-electron chi connectivity index (χ4n) is 3.55. The molecule has 1 heterocycles. The molecule has 0 bridgehead atoms. The van der Waals surface area contributed by atoms with Crippen LogP contribution in [0.3, 0.4) is 0 Å². The Morgan fingerprint density at radius 2 is 1.53 bits per heavy atom. The standard InChI is InChI=1S/C15H31NO/c1-8-13(2,3)9-12-10-14(4,5)16(17)15(6,7)11-12/h12,17H,8-11H2,1-7H3. The van der Waals surface area contributed by atoms with E-state index in [1.165, 1.54) is 12.8 Å². The van der Waals surface area contributed by atoms with Crippen LogP contribution < -0.4 is 0 Å². The Labute approximate surface area is 107 Å². The lowest BCUT2D eigenvalue weighted by Crippen LogP contribution is -2.59. The zero-order chi connectivity index (χ0) is 13.5. The van der Waals surface area contributed by atoms with Crippen LogP contribution in [0.1, 0.15) is 74.1 Å². The molecule has 0 amide bonds. The molecular weight excluding hydrogens is 210 g/mol. The Balaban J connectivity index is 2.79. The van der Waals surface area contributed by atoms with Gasteiger partial charge in [-0.3, -0.25) is 0 Å². The third-order valence-electron chi connectivity index (χ3n) is 4.52. The van der Waals surface area contributed by atoms with Crippen molar-refractivity contribution >= 4 is 0 Å². The van der Waals surface area contributed by atoms with Crippen LogP contribution in [0.2, 0.25) is 0 Å². The van der Waals surface area contributed by atoms with E-state index in [1.54, 1.807) is 5.06 Å². The molecule has 102 valence electrons. The fraction of sp³-hybridized carbons (Fsp3) is 1.00. The second-order valence-electron chi connectivity index (χ2n) is 7.93. The van der Waals surface area contributed by atoms with E-state index in [0.29, 0.717) is 5.41 Å². The van der Waals surface area contributed by atoms with Crippen LogP contribution in [0.4, 0.5) is 0 Å². The summed E-state index contributed by atoms with van der Waals surface area (Å²) in [6.07, 6.45) is 4.68. The molecule has 0 saturated carbocycles. The van der Waals surface area contributed by atoms with E-state index in [4.69, 9.17) is 0 Å². The van der Waals surface area contributed by atoms with E-state index in [1.807, 2.05) is 0 Å². The van der Waals surface area contributed by atoms with Gasteiger partial charge in [0.05, 0.1) is 0 Å². The van der Waals surface area contributed by atoms with Gasteiger partial charge in [0.1, 0.15) is 0 Å². The smallest absolute Gasteiger partial charge is 0.0413 e. The quantitative estimate of drug-likeness (QED) is 0.788. The SMILES string of the molecule is CCC(C)(C)CC1CC(C)(C)N(O)C(C)(C)C1. The highest BCUT2D eigenvalue weighted by atomic mass is 16.5. The largest absolute Gasteiger partial charge is 0.313 e. The van der Waals surface area contributed by atoms with Crippen molar-refractivity contribution in [2.24, 2.45) is 11.3 Å². The molecule has 0 aromatic heterocycles. The van der Waals surface area contributed by atoms with Crippen molar-refractivity contribution in [3.8, 4) is 0 Å². The summed E-state index contributed by atoms with van der Waals surface area (Å²) in [6, 6.07) is 0. The summed E-state index contributed by atoms with van der Waals surface area (Å²) < 4.78 is 0. The Kier molecular flexibility index (Phi) is 4.01. The Hall–Kier alpha value is -0.0800. The van der Waals surface area contributed by atoms with Crippen LogP contribution in [0.15, 0.2) is 0 Å². The Morgan fingerprint density at radius 3 is 1.88 bits per heavy atom. The summed E-state index contributed by atoms with van der Waals surface area (Å²) in [7, 11) is 0. The van der Waals surface area contributed by atoms with Crippen molar-refractivity contribution in [1.29, 1.82) is 0 Å². The molecule has 0 aliphatic carbocycles. The monoisotopic (exact) mass is 241 g/mol. The lowest BCUT2D eigenvalue weighted by atomic mass is 9.69. The summed E-state index contributed by atoms with van der Waals surface area (Å²) in [4.78, 5) is 0. The molecule has 0 unspecified atom stereocenters. The van der Waals surface area contributed by atoms with Crippen LogP contribution >= 0.6 is 0 Å². The van der Waals surface area contributed by atoms with E-state index in [2.05, 4.69) is 48.5 Å². The van der Waals surface area contributed by atoms with Crippen molar-refractivity contribution < 1.29 is 5.21 Å². The molecule has 0 spiro atoms. The third-order valence-corrected chi connectivity index (χ3v) is 4.52. The van der Waals surface area contributed by atoms with Gasteiger partial charge in [0.25, 0.3) is 0 Å². The highest BCUT2D eigenvalue weighted by Gasteiger charge is 2.45. The summed E-state index contributed by atoms with van der Waals surface area (Å²) in [5.41, 5.74) is 0.223. The molecule has 1 rings (SSSR count). The number of rotatable bonds is 3. The maximum Gasteiger partial charge on any atom is 0.0413 e. The minimum absolute atomic E-state index is 0.101. The summed E-state index contributed by atoms with van der Waals surface area (Å²) in [5, 5.41) is 11.9. The van der Waals surface area contributed by atoms with Gasteiger partial charge in [0.15, 0.2) is 0 Å². The summed E-state index contributed by atoms with van der Waals surface area (Å²) in [5.74, 6) is 0.721. The molecule has 1 saturated heterocycles. The highest BCUT2D eigenvalue weighted by molar-refractivity contribution is 4.96. The first-order chi connectivity index (χ1) is 7.50. The van der Waals surface area contributed by atoms with Crippen molar-refractivity contribution in [3.05, 3.63) is 0 Å². The first-order valence-corrected chi connectivity index (χ1v) is 6.99. The van der Waals surface area contributed by atoms with E-state index < -0.39 is 0 Å². The van der Waals surface area contributed by atoms with Crippen molar-refractivity contribution in [2.75, 3.05) is 0 Å².